The van der Waals surface area contributed by atoms with E-state index in [1.807, 2.05) is 25.1 Å². The first-order valence-corrected chi connectivity index (χ1v) is 5.12. The van der Waals surface area contributed by atoms with Gasteiger partial charge in [-0.2, -0.15) is 0 Å². The van der Waals surface area contributed by atoms with Crippen LogP contribution in [0.2, 0.25) is 0 Å². The Labute approximate surface area is 87.1 Å². The lowest BCUT2D eigenvalue weighted by atomic mass is 9.99. The number of hydrogen-bond acceptors (Lipinski definition) is 2. The van der Waals surface area contributed by atoms with E-state index < -0.39 is 0 Å². The predicted molar refractivity (Wildman–Crippen MR) is 54.4 cm³/mol. The highest BCUT2D eigenvalue weighted by Crippen LogP contribution is 2.26. The molecule has 0 radical (unpaired) electrons. The Morgan fingerprint density at radius 2 is 2.33 bits per heavy atom. The number of carbonyl (C=O) groups is 1. The van der Waals surface area contributed by atoms with Gasteiger partial charge in [-0.1, -0.05) is 12.1 Å². The smallest absolute Gasteiger partial charge is 0.257 e. The normalized spacial score (nSPS) is 22.9. The lowest BCUT2D eigenvalue weighted by Gasteiger charge is -2.11. The average Bonchev–Trinajstić information content (AvgIpc) is 2.69. The van der Waals surface area contributed by atoms with E-state index in [1.165, 1.54) is 0 Å². The van der Waals surface area contributed by atoms with Crippen molar-refractivity contribution in [3.8, 4) is 0 Å². The van der Waals surface area contributed by atoms with Crippen molar-refractivity contribution >= 4 is 11.7 Å². The Kier molecular flexibility index (Phi) is 1.69. The molecule has 2 aliphatic rings. The fourth-order valence-electron chi connectivity index (χ4n) is 2.21. The predicted octanol–water partition coefficient (Wildman–Crippen LogP) is 0.300. The SMILES string of the molecule is Cc1cccc2c1=NC(=O)C1CCOC=21. The largest absolute Gasteiger partial charge is 0.496 e. The van der Waals surface area contributed by atoms with Crippen molar-refractivity contribution in [1.29, 1.82) is 0 Å². The molecule has 3 nitrogen and oxygen atoms in total. The molecular weight excluding hydrogens is 190 g/mol. The van der Waals surface area contributed by atoms with Gasteiger partial charge < -0.3 is 4.74 Å². The fraction of sp³-hybridized carbons (Fsp3) is 0.333. The summed E-state index contributed by atoms with van der Waals surface area (Å²) >= 11 is 0. The Bertz CT molecular complexity index is 559. The van der Waals surface area contributed by atoms with Crippen LogP contribution in [0.5, 0.6) is 0 Å². The summed E-state index contributed by atoms with van der Waals surface area (Å²) < 4.78 is 5.54. The lowest BCUT2D eigenvalue weighted by molar-refractivity contribution is -0.120. The van der Waals surface area contributed by atoms with Crippen LogP contribution >= 0.6 is 0 Å². The Hall–Kier alpha value is -1.64. The van der Waals surface area contributed by atoms with E-state index in [0.717, 1.165) is 28.3 Å². The molecule has 0 spiro atoms. The van der Waals surface area contributed by atoms with Gasteiger partial charge >= 0.3 is 0 Å². The third-order valence-electron chi connectivity index (χ3n) is 3.00. The lowest BCUT2D eigenvalue weighted by Crippen LogP contribution is -2.37. The summed E-state index contributed by atoms with van der Waals surface area (Å²) in [7, 11) is 0. The second-order valence-corrected chi connectivity index (χ2v) is 3.98. The fourth-order valence-corrected chi connectivity index (χ4v) is 2.21. The summed E-state index contributed by atoms with van der Waals surface area (Å²) in [6, 6.07) is 5.92. The van der Waals surface area contributed by atoms with E-state index in [-0.39, 0.29) is 11.8 Å². The molecule has 0 saturated carbocycles. The van der Waals surface area contributed by atoms with Crippen molar-refractivity contribution in [3.05, 3.63) is 34.3 Å². The third kappa shape index (κ3) is 1.12. The second kappa shape index (κ2) is 2.92. The van der Waals surface area contributed by atoms with Crippen LogP contribution in [0, 0.1) is 12.8 Å². The van der Waals surface area contributed by atoms with Crippen molar-refractivity contribution in [3.63, 3.8) is 0 Å². The molecule has 1 atom stereocenters. The Balaban J connectivity index is 2.46. The first-order valence-electron chi connectivity index (χ1n) is 5.12. The van der Waals surface area contributed by atoms with Gasteiger partial charge in [-0.3, -0.25) is 4.79 Å². The maximum atomic E-state index is 11.7. The molecule has 1 fully saturated rings. The average molecular weight is 201 g/mol. The van der Waals surface area contributed by atoms with Crippen molar-refractivity contribution in [2.24, 2.45) is 10.9 Å². The standard InChI is InChI=1S/C12H11NO2/c1-7-3-2-4-8-10(7)13-12(14)9-5-6-15-11(8)9/h2-4,9H,5-6H2,1H3. The van der Waals surface area contributed by atoms with Crippen LogP contribution in [0.3, 0.4) is 0 Å². The highest BCUT2D eigenvalue weighted by Gasteiger charge is 2.32. The number of rotatable bonds is 0. The molecule has 1 amide bonds. The molecule has 76 valence electrons. The summed E-state index contributed by atoms with van der Waals surface area (Å²) in [6.07, 6.45) is 0.769. The van der Waals surface area contributed by atoms with Crippen molar-refractivity contribution < 1.29 is 9.53 Å². The van der Waals surface area contributed by atoms with Gasteiger partial charge in [0, 0.05) is 11.6 Å². The quantitative estimate of drug-likeness (QED) is 0.605. The maximum Gasteiger partial charge on any atom is 0.257 e. The van der Waals surface area contributed by atoms with E-state index in [2.05, 4.69) is 4.99 Å². The second-order valence-electron chi connectivity index (χ2n) is 3.98. The monoisotopic (exact) mass is 201 g/mol. The van der Waals surface area contributed by atoms with Crippen LogP contribution in [-0.2, 0) is 9.53 Å². The summed E-state index contributed by atoms with van der Waals surface area (Å²) in [5, 5.41) is 1.78. The molecular formula is C12H11NO2. The van der Waals surface area contributed by atoms with Gasteiger partial charge in [-0.05, 0) is 18.6 Å². The number of hydrogen-bond donors (Lipinski definition) is 0. The number of carbonyl (C=O) groups excluding carboxylic acids is 1. The maximum absolute atomic E-state index is 11.7. The van der Waals surface area contributed by atoms with Crippen LogP contribution < -0.4 is 10.6 Å². The summed E-state index contributed by atoms with van der Waals surface area (Å²) in [4.78, 5) is 15.9. The molecule has 0 bridgehead atoms. The zero-order valence-electron chi connectivity index (χ0n) is 8.49. The molecule has 1 unspecified atom stereocenters. The molecule has 3 heteroatoms. The van der Waals surface area contributed by atoms with Gasteiger partial charge in [-0.15, -0.1) is 0 Å². The number of aryl methyl sites for hydroxylation is 1. The van der Waals surface area contributed by atoms with Gasteiger partial charge in [0.05, 0.1) is 12.0 Å². The first-order chi connectivity index (χ1) is 7.27. The molecule has 0 aromatic heterocycles. The Morgan fingerprint density at radius 1 is 1.47 bits per heavy atom. The molecule has 1 aromatic carbocycles. The first kappa shape index (κ1) is 8.65. The van der Waals surface area contributed by atoms with E-state index in [4.69, 9.17) is 4.74 Å². The van der Waals surface area contributed by atoms with Crippen molar-refractivity contribution in [2.75, 3.05) is 6.61 Å². The highest BCUT2D eigenvalue weighted by atomic mass is 16.5. The minimum atomic E-state index is -0.126. The minimum Gasteiger partial charge on any atom is -0.496 e. The van der Waals surface area contributed by atoms with Gasteiger partial charge in [0.1, 0.15) is 11.7 Å². The summed E-state index contributed by atoms with van der Waals surface area (Å²) in [6.45, 7) is 2.60. The number of fused-ring (bicyclic) bond motifs is 2. The number of benzene rings is 1. The van der Waals surface area contributed by atoms with Crippen LogP contribution in [0.1, 0.15) is 12.0 Å². The van der Waals surface area contributed by atoms with E-state index in [1.54, 1.807) is 0 Å². The van der Waals surface area contributed by atoms with Crippen LogP contribution in [0.4, 0.5) is 0 Å². The van der Waals surface area contributed by atoms with Gasteiger partial charge in [0.25, 0.3) is 5.91 Å². The third-order valence-corrected chi connectivity index (χ3v) is 3.00. The van der Waals surface area contributed by atoms with E-state index in [0.29, 0.717) is 6.61 Å². The van der Waals surface area contributed by atoms with Gasteiger partial charge in [0.2, 0.25) is 0 Å². The Morgan fingerprint density at radius 3 is 3.20 bits per heavy atom. The molecule has 0 N–H and O–H groups in total. The zero-order chi connectivity index (χ0) is 10.4. The number of amides is 1. The number of ether oxygens (including phenoxy) is 1. The van der Waals surface area contributed by atoms with Crippen LogP contribution in [-0.4, -0.2) is 12.5 Å². The molecule has 2 heterocycles. The minimum absolute atomic E-state index is 0.0516. The molecule has 15 heavy (non-hydrogen) atoms. The molecule has 1 saturated heterocycles. The topological polar surface area (TPSA) is 38.7 Å². The zero-order valence-corrected chi connectivity index (χ0v) is 8.49. The van der Waals surface area contributed by atoms with Crippen LogP contribution in [0.15, 0.2) is 23.2 Å². The summed E-state index contributed by atoms with van der Waals surface area (Å²) in [5.74, 6) is 0.650. The molecule has 3 rings (SSSR count). The van der Waals surface area contributed by atoms with Gasteiger partial charge in [-0.25, -0.2) is 4.99 Å². The summed E-state index contributed by atoms with van der Waals surface area (Å²) in [5.41, 5.74) is 1.03. The molecule has 0 aliphatic carbocycles. The number of nitrogens with zero attached hydrogens (tertiary/aromatic N) is 1. The molecule has 1 aromatic rings. The number of para-hydroxylation sites is 1. The van der Waals surface area contributed by atoms with E-state index in [9.17, 15) is 4.79 Å². The van der Waals surface area contributed by atoms with E-state index >= 15 is 0 Å². The van der Waals surface area contributed by atoms with Crippen molar-refractivity contribution in [2.45, 2.75) is 13.3 Å². The highest BCUT2D eigenvalue weighted by molar-refractivity contribution is 5.89. The van der Waals surface area contributed by atoms with Crippen molar-refractivity contribution in [1.82, 2.24) is 0 Å². The molecule has 2 aliphatic heterocycles. The van der Waals surface area contributed by atoms with Gasteiger partial charge in [0.15, 0.2) is 0 Å². The van der Waals surface area contributed by atoms with Crippen LogP contribution in [0.25, 0.3) is 5.76 Å².